The van der Waals surface area contributed by atoms with E-state index in [-0.39, 0.29) is 11.4 Å². The zero-order valence-corrected chi connectivity index (χ0v) is 20.4. The van der Waals surface area contributed by atoms with Crippen molar-refractivity contribution in [1.29, 1.82) is 0 Å². The van der Waals surface area contributed by atoms with Gasteiger partial charge in [0.1, 0.15) is 0 Å². The molecule has 1 amide bonds. The highest BCUT2D eigenvalue weighted by atomic mass is 35.5. The summed E-state index contributed by atoms with van der Waals surface area (Å²) in [5, 5.41) is 5.02. The van der Waals surface area contributed by atoms with Gasteiger partial charge in [-0.1, -0.05) is 71.2 Å². The zero-order valence-electron chi connectivity index (χ0n) is 17.3. The van der Waals surface area contributed by atoms with Gasteiger partial charge in [0, 0.05) is 17.1 Å². The molecule has 0 saturated heterocycles. The van der Waals surface area contributed by atoms with E-state index in [1.165, 1.54) is 30.5 Å². The maximum atomic E-state index is 13.2. The number of halogens is 3. The minimum atomic E-state index is -3.95. The maximum Gasteiger partial charge on any atom is 0.255 e. The van der Waals surface area contributed by atoms with Crippen molar-refractivity contribution in [2.24, 2.45) is 5.10 Å². The van der Waals surface area contributed by atoms with Crippen LogP contribution in [0.25, 0.3) is 0 Å². The highest BCUT2D eigenvalue weighted by Crippen LogP contribution is 2.22. The summed E-state index contributed by atoms with van der Waals surface area (Å²) < 4.78 is 27.5. The molecule has 0 atom stereocenters. The van der Waals surface area contributed by atoms with Gasteiger partial charge in [0.15, 0.2) is 0 Å². The fourth-order valence-corrected chi connectivity index (χ4v) is 4.95. The Bertz CT molecular complexity index is 1210. The molecule has 0 radical (unpaired) electrons. The molecule has 0 aromatic heterocycles. The van der Waals surface area contributed by atoms with Gasteiger partial charge in [0.25, 0.3) is 5.91 Å². The number of amides is 1. The van der Waals surface area contributed by atoms with E-state index in [1.807, 2.05) is 30.3 Å². The molecule has 0 heterocycles. The van der Waals surface area contributed by atoms with Crippen LogP contribution in [0.1, 0.15) is 11.1 Å². The Balaban J connectivity index is 1.76. The number of rotatable bonds is 9. The van der Waals surface area contributed by atoms with Gasteiger partial charge in [0.05, 0.1) is 27.7 Å². The van der Waals surface area contributed by atoms with E-state index in [2.05, 4.69) is 10.5 Å². The van der Waals surface area contributed by atoms with Gasteiger partial charge in [-0.2, -0.15) is 9.41 Å². The first-order valence-corrected chi connectivity index (χ1v) is 12.4. The average Bonchev–Trinajstić information content (AvgIpc) is 2.79. The summed E-state index contributed by atoms with van der Waals surface area (Å²) >= 11 is 18.1. The number of hydrogen-bond donors (Lipinski definition) is 1. The summed E-state index contributed by atoms with van der Waals surface area (Å²) in [7, 11) is -3.95. The van der Waals surface area contributed by atoms with Crippen LogP contribution in [0.15, 0.2) is 82.8 Å². The fourth-order valence-electron chi connectivity index (χ4n) is 2.94. The standard InChI is InChI=1S/C23H20Cl3N3O3S/c24-18-9-11-19(12-10-18)33(31,32)29(14-13-17-5-2-1-3-6-17)16-23(30)28-27-15-20-21(25)7-4-8-22(20)26/h1-12,15H,13-14,16H2,(H,28,30)/b27-15-. The van der Waals surface area contributed by atoms with Gasteiger partial charge in [0.2, 0.25) is 10.0 Å². The molecule has 33 heavy (non-hydrogen) atoms. The molecule has 172 valence electrons. The van der Waals surface area contributed by atoms with Crippen LogP contribution in [0, 0.1) is 0 Å². The molecule has 0 saturated carbocycles. The molecule has 0 aliphatic carbocycles. The van der Waals surface area contributed by atoms with Crippen molar-refractivity contribution in [3.8, 4) is 0 Å². The van der Waals surface area contributed by atoms with Crippen molar-refractivity contribution < 1.29 is 13.2 Å². The summed E-state index contributed by atoms with van der Waals surface area (Å²) in [6.45, 7) is -0.326. The molecule has 0 bridgehead atoms. The fraction of sp³-hybridized carbons (Fsp3) is 0.130. The predicted molar refractivity (Wildman–Crippen MR) is 133 cm³/mol. The van der Waals surface area contributed by atoms with Crippen molar-refractivity contribution in [3.05, 3.63) is 99.0 Å². The Morgan fingerprint density at radius 3 is 2.18 bits per heavy atom. The lowest BCUT2D eigenvalue weighted by Crippen LogP contribution is -2.40. The zero-order chi connectivity index (χ0) is 23.8. The number of hydrazone groups is 1. The van der Waals surface area contributed by atoms with E-state index >= 15 is 0 Å². The third-order valence-corrected chi connectivity index (χ3v) is 7.42. The topological polar surface area (TPSA) is 78.8 Å². The predicted octanol–water partition coefficient (Wildman–Crippen LogP) is 5.03. The Morgan fingerprint density at radius 1 is 0.909 bits per heavy atom. The smallest absolute Gasteiger partial charge is 0.255 e. The first-order valence-electron chi connectivity index (χ1n) is 9.83. The molecule has 3 aromatic rings. The van der Waals surface area contributed by atoms with Crippen LogP contribution in [0.3, 0.4) is 0 Å². The molecular formula is C23H20Cl3N3O3S. The first kappa shape index (κ1) is 25.2. The molecule has 0 unspecified atom stereocenters. The minimum absolute atomic E-state index is 0.0408. The molecule has 1 N–H and O–H groups in total. The van der Waals surface area contributed by atoms with Crippen LogP contribution in [0.5, 0.6) is 0 Å². The van der Waals surface area contributed by atoms with E-state index in [9.17, 15) is 13.2 Å². The Labute approximate surface area is 207 Å². The van der Waals surface area contributed by atoms with Crippen LogP contribution in [-0.4, -0.2) is 37.9 Å². The monoisotopic (exact) mass is 523 g/mol. The van der Waals surface area contributed by atoms with Crippen LogP contribution < -0.4 is 5.43 Å². The third-order valence-electron chi connectivity index (χ3n) is 4.65. The number of nitrogens with zero attached hydrogens (tertiary/aromatic N) is 2. The molecule has 6 nitrogen and oxygen atoms in total. The largest absolute Gasteiger partial charge is 0.272 e. The lowest BCUT2D eigenvalue weighted by atomic mass is 10.1. The normalized spacial score (nSPS) is 11.8. The lowest BCUT2D eigenvalue weighted by molar-refractivity contribution is -0.121. The minimum Gasteiger partial charge on any atom is -0.272 e. The second-order valence-corrected chi connectivity index (χ2v) is 10.1. The van der Waals surface area contributed by atoms with Crippen LogP contribution in [0.4, 0.5) is 0 Å². The number of benzene rings is 3. The first-order chi connectivity index (χ1) is 15.8. The number of sulfonamides is 1. The van der Waals surface area contributed by atoms with Gasteiger partial charge in [-0.25, -0.2) is 13.8 Å². The second-order valence-electron chi connectivity index (χ2n) is 6.96. The molecule has 3 aromatic carbocycles. The van der Waals surface area contributed by atoms with Crippen molar-refractivity contribution in [3.63, 3.8) is 0 Å². The number of hydrogen-bond acceptors (Lipinski definition) is 4. The van der Waals surface area contributed by atoms with Crippen molar-refractivity contribution in [1.82, 2.24) is 9.73 Å². The van der Waals surface area contributed by atoms with Crippen LogP contribution in [0.2, 0.25) is 15.1 Å². The molecule has 0 aliphatic rings. The second kappa shape index (κ2) is 11.6. The Hall–Kier alpha value is -2.42. The molecular weight excluding hydrogens is 505 g/mol. The summed E-state index contributed by atoms with van der Waals surface area (Å²) in [4.78, 5) is 12.6. The molecule has 10 heteroatoms. The number of carbonyl (C=O) groups is 1. The molecule has 0 spiro atoms. The molecule has 0 fully saturated rings. The van der Waals surface area contributed by atoms with E-state index in [0.29, 0.717) is 27.1 Å². The van der Waals surface area contributed by atoms with Gasteiger partial charge < -0.3 is 0 Å². The summed E-state index contributed by atoms with van der Waals surface area (Å²) in [5.41, 5.74) is 3.72. The summed E-state index contributed by atoms with van der Waals surface area (Å²) in [5.74, 6) is -0.611. The van der Waals surface area contributed by atoms with Gasteiger partial charge >= 0.3 is 0 Å². The number of nitrogens with one attached hydrogen (secondary N) is 1. The van der Waals surface area contributed by atoms with E-state index < -0.39 is 22.5 Å². The molecule has 3 rings (SSSR count). The highest BCUT2D eigenvalue weighted by Gasteiger charge is 2.26. The van der Waals surface area contributed by atoms with Crippen molar-refractivity contribution >= 4 is 56.9 Å². The van der Waals surface area contributed by atoms with Gasteiger partial charge in [-0.05, 0) is 48.4 Å². The number of carbonyl (C=O) groups excluding carboxylic acids is 1. The quantitative estimate of drug-likeness (QED) is 0.315. The van der Waals surface area contributed by atoms with Gasteiger partial charge in [-0.3, -0.25) is 4.79 Å². The SMILES string of the molecule is O=C(CN(CCc1ccccc1)S(=O)(=O)c1ccc(Cl)cc1)N/N=C\c1c(Cl)cccc1Cl. The van der Waals surface area contributed by atoms with E-state index in [0.717, 1.165) is 9.87 Å². The maximum absolute atomic E-state index is 13.2. The third kappa shape index (κ3) is 7.03. The average molecular weight is 525 g/mol. The summed E-state index contributed by atoms with van der Waals surface area (Å²) in [6.07, 6.45) is 1.74. The van der Waals surface area contributed by atoms with Crippen molar-refractivity contribution in [2.45, 2.75) is 11.3 Å². The van der Waals surface area contributed by atoms with E-state index in [4.69, 9.17) is 34.8 Å². The Kier molecular flexibility index (Phi) is 8.88. The van der Waals surface area contributed by atoms with Crippen LogP contribution >= 0.6 is 34.8 Å². The van der Waals surface area contributed by atoms with Crippen LogP contribution in [-0.2, 0) is 21.2 Å². The highest BCUT2D eigenvalue weighted by molar-refractivity contribution is 7.89. The van der Waals surface area contributed by atoms with Gasteiger partial charge in [-0.15, -0.1) is 0 Å². The Morgan fingerprint density at radius 2 is 1.55 bits per heavy atom. The lowest BCUT2D eigenvalue weighted by Gasteiger charge is -2.21. The van der Waals surface area contributed by atoms with E-state index in [1.54, 1.807) is 18.2 Å². The summed E-state index contributed by atoms with van der Waals surface area (Å²) in [6, 6.07) is 20.2. The molecule has 0 aliphatic heterocycles. The van der Waals surface area contributed by atoms with Crippen molar-refractivity contribution in [2.75, 3.05) is 13.1 Å².